The number of thiol groups is 1. The Labute approximate surface area is 141 Å². The number of benzene rings is 2. The monoisotopic (exact) mass is 368 g/mol. The Kier molecular flexibility index (Phi) is 4.77. The fourth-order valence-corrected chi connectivity index (χ4v) is 5.84. The minimum Gasteiger partial charge on any atom is -0.223 e. The molecule has 0 N–H and O–H groups in total. The summed E-state index contributed by atoms with van der Waals surface area (Å²) in [6, 6.07) is 10.8. The van der Waals surface area contributed by atoms with Crippen LogP contribution in [0, 0.1) is 11.6 Å². The molecule has 0 spiro atoms. The first-order valence-electron chi connectivity index (χ1n) is 7.03. The molecule has 1 aliphatic heterocycles. The minimum atomic E-state index is -3.61. The van der Waals surface area contributed by atoms with Crippen LogP contribution in [0.1, 0.15) is 5.56 Å². The molecular formula is C16H14F2N2O2S2. The van der Waals surface area contributed by atoms with Crippen LogP contribution in [0.15, 0.2) is 63.6 Å². The van der Waals surface area contributed by atoms with E-state index in [0.29, 0.717) is 10.8 Å². The summed E-state index contributed by atoms with van der Waals surface area (Å²) in [5.74, 6) is -0.518. The smallest absolute Gasteiger partial charge is 0.184 e. The number of nitrogens with zero attached hydrogens (tertiary/aromatic N) is 2. The second-order valence-corrected chi connectivity index (χ2v) is 9.21. The van der Waals surface area contributed by atoms with Crippen LogP contribution in [0.25, 0.3) is 0 Å². The van der Waals surface area contributed by atoms with Gasteiger partial charge in [-0.15, -0.1) is 5.10 Å². The average Bonchev–Trinajstić information content (AvgIpc) is 2.96. The zero-order valence-electron chi connectivity index (χ0n) is 12.4. The lowest BCUT2D eigenvalue weighted by molar-refractivity contribution is 0.598. The van der Waals surface area contributed by atoms with Gasteiger partial charge in [-0.1, -0.05) is 12.1 Å². The fraction of sp³-hybridized carbons (Fsp3) is 0.125. The van der Waals surface area contributed by atoms with Gasteiger partial charge in [0.2, 0.25) is 0 Å². The maximum absolute atomic E-state index is 13.0. The van der Waals surface area contributed by atoms with Crippen LogP contribution >= 0.6 is 10.9 Å². The summed E-state index contributed by atoms with van der Waals surface area (Å²) in [6.45, 7) is 0. The van der Waals surface area contributed by atoms with Crippen molar-refractivity contribution in [1.82, 2.24) is 0 Å². The second-order valence-electron chi connectivity index (χ2n) is 5.21. The maximum atomic E-state index is 13.0. The Morgan fingerprint density at radius 3 is 2.12 bits per heavy atom. The number of rotatable bonds is 5. The van der Waals surface area contributed by atoms with Crippen molar-refractivity contribution in [3.05, 3.63) is 65.7 Å². The van der Waals surface area contributed by atoms with Gasteiger partial charge >= 0.3 is 0 Å². The molecule has 1 heterocycles. The normalized spacial score (nSPS) is 18.6. The van der Waals surface area contributed by atoms with Gasteiger partial charge in [-0.3, -0.25) is 0 Å². The van der Waals surface area contributed by atoms with E-state index in [4.69, 9.17) is 0 Å². The first-order valence-corrected chi connectivity index (χ1v) is 10.3. The number of hydrogen-bond donors (Lipinski definition) is 1. The zero-order chi connectivity index (χ0) is 17.2. The van der Waals surface area contributed by atoms with Crippen molar-refractivity contribution in [2.45, 2.75) is 10.6 Å². The van der Waals surface area contributed by atoms with Crippen LogP contribution in [-0.2, 0) is 15.6 Å². The predicted molar refractivity (Wildman–Crippen MR) is 93.5 cm³/mol. The van der Waals surface area contributed by atoms with E-state index in [9.17, 15) is 17.2 Å². The van der Waals surface area contributed by atoms with E-state index in [1.165, 1.54) is 24.3 Å². The molecule has 3 rings (SSSR count). The summed E-state index contributed by atoms with van der Waals surface area (Å²) in [6.07, 6.45) is 0. The van der Waals surface area contributed by atoms with Crippen LogP contribution in [0.4, 0.5) is 8.78 Å². The molecule has 8 heteroatoms. The van der Waals surface area contributed by atoms with Crippen LogP contribution in [0.3, 0.4) is 0 Å². The predicted octanol–water partition coefficient (Wildman–Crippen LogP) is 3.30. The summed E-state index contributed by atoms with van der Waals surface area (Å²) in [7, 11) is -4.59. The molecule has 0 radical (unpaired) electrons. The van der Waals surface area contributed by atoms with E-state index >= 15 is 0 Å². The molecule has 126 valence electrons. The first-order chi connectivity index (χ1) is 11.4. The molecule has 0 amide bonds. The van der Waals surface area contributed by atoms with Gasteiger partial charge in [0, 0.05) is 5.75 Å². The summed E-state index contributed by atoms with van der Waals surface area (Å²) in [5.41, 5.74) is 2.54. The van der Waals surface area contributed by atoms with Gasteiger partial charge in [0.25, 0.3) is 0 Å². The Hall–Kier alpha value is -2.06. The van der Waals surface area contributed by atoms with Gasteiger partial charge in [0.15, 0.2) is 9.84 Å². The second kappa shape index (κ2) is 6.82. The van der Waals surface area contributed by atoms with Crippen LogP contribution in [0.2, 0.25) is 0 Å². The van der Waals surface area contributed by atoms with Gasteiger partial charge in [-0.2, -0.15) is 16.0 Å². The third-order valence-electron chi connectivity index (χ3n) is 3.45. The van der Waals surface area contributed by atoms with Crippen molar-refractivity contribution in [3.63, 3.8) is 0 Å². The van der Waals surface area contributed by atoms with Crippen molar-refractivity contribution in [1.29, 1.82) is 0 Å². The molecule has 2 aromatic carbocycles. The summed E-state index contributed by atoms with van der Waals surface area (Å²) < 4.78 is 50.8. The van der Waals surface area contributed by atoms with E-state index in [0.717, 1.165) is 17.7 Å². The van der Waals surface area contributed by atoms with E-state index in [-0.39, 0.29) is 16.5 Å². The Morgan fingerprint density at radius 2 is 1.50 bits per heavy atom. The standard InChI is InChI=1S/C16H14F2N2O2S2/c17-13-3-1-12(2-4-13)9-23-11-19-20-16(23)10-24(21,22)15-7-5-14(18)6-8-15/h1-8,11,23H,9-10H2. The topological polar surface area (TPSA) is 58.9 Å². The molecular weight excluding hydrogens is 354 g/mol. The van der Waals surface area contributed by atoms with Gasteiger partial charge in [0.05, 0.1) is 15.5 Å². The van der Waals surface area contributed by atoms with E-state index in [2.05, 4.69) is 10.2 Å². The van der Waals surface area contributed by atoms with E-state index in [1.807, 2.05) is 0 Å². The third-order valence-corrected chi connectivity index (χ3v) is 7.31. The minimum absolute atomic E-state index is 0.0511. The Morgan fingerprint density at radius 1 is 0.917 bits per heavy atom. The zero-order valence-corrected chi connectivity index (χ0v) is 14.1. The van der Waals surface area contributed by atoms with E-state index < -0.39 is 26.5 Å². The van der Waals surface area contributed by atoms with Gasteiger partial charge < -0.3 is 0 Å². The summed E-state index contributed by atoms with van der Waals surface area (Å²) >= 11 is 0. The summed E-state index contributed by atoms with van der Waals surface area (Å²) in [4.78, 5) is 0.0511. The lowest BCUT2D eigenvalue weighted by Gasteiger charge is -2.15. The molecule has 1 unspecified atom stereocenters. The molecule has 0 fully saturated rings. The average molecular weight is 368 g/mol. The van der Waals surface area contributed by atoms with Crippen molar-refractivity contribution in [2.24, 2.45) is 10.2 Å². The highest BCUT2D eigenvalue weighted by Gasteiger charge is 2.24. The van der Waals surface area contributed by atoms with Crippen molar-refractivity contribution >= 4 is 31.3 Å². The molecule has 0 bridgehead atoms. The highest BCUT2D eigenvalue weighted by atomic mass is 32.2. The van der Waals surface area contributed by atoms with Crippen LogP contribution in [-0.4, -0.2) is 24.8 Å². The third kappa shape index (κ3) is 3.88. The molecule has 1 atom stereocenters. The van der Waals surface area contributed by atoms with Crippen molar-refractivity contribution in [3.8, 4) is 0 Å². The SMILES string of the molecule is O=S(=O)(CC1=NN=C[SH]1Cc1ccc(F)cc1)c1ccc(F)cc1. The Balaban J connectivity index is 1.74. The number of hydrogen-bond acceptors (Lipinski definition) is 4. The molecule has 0 aliphatic carbocycles. The molecule has 1 aliphatic rings. The first kappa shape index (κ1) is 16.8. The quantitative estimate of drug-likeness (QED) is 0.650. The highest BCUT2D eigenvalue weighted by Crippen LogP contribution is 2.34. The van der Waals surface area contributed by atoms with Gasteiger partial charge in [-0.25, -0.2) is 17.2 Å². The lowest BCUT2D eigenvalue weighted by atomic mass is 10.2. The fourth-order valence-electron chi connectivity index (χ4n) is 2.20. The molecule has 4 nitrogen and oxygen atoms in total. The molecule has 0 saturated heterocycles. The lowest BCUT2D eigenvalue weighted by Crippen LogP contribution is -2.16. The summed E-state index contributed by atoms with van der Waals surface area (Å²) in [5, 5.41) is 8.28. The van der Waals surface area contributed by atoms with Crippen molar-refractivity contribution < 1.29 is 17.2 Å². The van der Waals surface area contributed by atoms with Crippen LogP contribution in [0.5, 0.6) is 0 Å². The molecule has 0 saturated carbocycles. The molecule has 0 aromatic heterocycles. The van der Waals surface area contributed by atoms with Gasteiger partial charge in [0.1, 0.15) is 17.4 Å². The van der Waals surface area contributed by atoms with Crippen molar-refractivity contribution in [2.75, 3.05) is 5.75 Å². The van der Waals surface area contributed by atoms with Gasteiger partial charge in [-0.05, 0) is 42.0 Å². The number of halogens is 2. The number of sulfone groups is 1. The van der Waals surface area contributed by atoms with Crippen LogP contribution < -0.4 is 0 Å². The molecule has 2 aromatic rings. The molecule has 24 heavy (non-hydrogen) atoms. The highest BCUT2D eigenvalue weighted by molar-refractivity contribution is 8.40. The Bertz CT molecular complexity index is 893. The largest absolute Gasteiger partial charge is 0.223 e. The van der Waals surface area contributed by atoms with E-state index in [1.54, 1.807) is 17.7 Å². The maximum Gasteiger partial charge on any atom is 0.184 e.